The zero-order valence-corrected chi connectivity index (χ0v) is 13.0. The number of nitrogens with zero attached hydrogens (tertiary/aromatic N) is 1. The van der Waals surface area contributed by atoms with Crippen molar-refractivity contribution >= 4 is 0 Å². The van der Waals surface area contributed by atoms with E-state index in [1.54, 1.807) is 7.11 Å². The lowest BCUT2D eigenvalue weighted by Crippen LogP contribution is -2.33. The molecule has 1 heterocycles. The van der Waals surface area contributed by atoms with E-state index in [1.165, 1.54) is 0 Å². The van der Waals surface area contributed by atoms with E-state index >= 15 is 0 Å². The van der Waals surface area contributed by atoms with Crippen LogP contribution in [0.4, 0.5) is 0 Å². The zero-order chi connectivity index (χ0) is 14.8. The lowest BCUT2D eigenvalue weighted by Gasteiger charge is -2.25. The lowest BCUT2D eigenvalue weighted by atomic mass is 9.90. The molecule has 4 heteroatoms. The molecule has 112 valence electrons. The number of methoxy groups -OCH3 is 1. The number of hydrogen-bond acceptors (Lipinski definition) is 3. The second kappa shape index (κ2) is 6.10. The largest absolute Gasteiger partial charge is 0.383 e. The molecule has 1 aliphatic rings. The van der Waals surface area contributed by atoms with Crippen molar-refractivity contribution < 1.29 is 4.74 Å². The van der Waals surface area contributed by atoms with Gasteiger partial charge in [0.1, 0.15) is 0 Å². The van der Waals surface area contributed by atoms with E-state index < -0.39 is 0 Å². The Hall–Kier alpha value is -1.13. The van der Waals surface area contributed by atoms with Crippen LogP contribution in [0.3, 0.4) is 0 Å². The van der Waals surface area contributed by atoms with Crippen molar-refractivity contribution in [3.63, 3.8) is 0 Å². The molecule has 1 fully saturated rings. The second-order valence-corrected chi connectivity index (χ2v) is 6.57. The molecule has 0 unspecified atom stereocenters. The maximum Gasteiger partial charge on any atom is 0.255 e. The average molecular weight is 278 g/mol. The van der Waals surface area contributed by atoms with Crippen molar-refractivity contribution in [3.05, 3.63) is 33.7 Å². The van der Waals surface area contributed by atoms with E-state index in [9.17, 15) is 4.79 Å². The molecule has 4 nitrogen and oxygen atoms in total. The minimum atomic E-state index is 0.00373. The zero-order valence-electron chi connectivity index (χ0n) is 13.0. The molecule has 1 N–H and O–H groups in total. The molecular formula is C16H26N2O2. The summed E-state index contributed by atoms with van der Waals surface area (Å²) in [4.78, 5) is 12.7. The molecule has 1 aliphatic carbocycles. The molecule has 0 radical (unpaired) electrons. The quantitative estimate of drug-likeness (QED) is 0.811. The Morgan fingerprint density at radius 2 is 2.05 bits per heavy atom. The van der Waals surface area contributed by atoms with Crippen molar-refractivity contribution in [1.82, 2.24) is 9.88 Å². The first-order valence-electron chi connectivity index (χ1n) is 7.39. The highest BCUT2D eigenvalue weighted by Gasteiger charge is 2.30. The molecule has 0 amide bonds. The summed E-state index contributed by atoms with van der Waals surface area (Å²) in [6.45, 7) is 8.53. The lowest BCUT2D eigenvalue weighted by molar-refractivity contribution is 0.199. The maximum absolute atomic E-state index is 12.7. The summed E-state index contributed by atoms with van der Waals surface area (Å²) < 4.78 is 7.02. The number of pyridine rings is 1. The standard InChI is InChI=1S/C16H26N2O2/c1-16(2,3)14-8-5-12(11-17-9-10-20-4)15(19)18(14)13-6-7-13/h5,8,13,17H,6-7,9-11H2,1-4H3. The number of aromatic nitrogens is 1. The van der Waals surface area contributed by atoms with Gasteiger partial charge in [0.15, 0.2) is 0 Å². The third-order valence-electron chi connectivity index (χ3n) is 3.67. The molecule has 0 spiro atoms. The molecule has 0 saturated heterocycles. The normalized spacial score (nSPS) is 15.6. The monoisotopic (exact) mass is 278 g/mol. The van der Waals surface area contributed by atoms with Gasteiger partial charge in [0.25, 0.3) is 5.56 Å². The van der Waals surface area contributed by atoms with Crippen LogP contribution < -0.4 is 10.9 Å². The fourth-order valence-electron chi connectivity index (χ4n) is 2.43. The molecule has 2 rings (SSSR count). The van der Waals surface area contributed by atoms with Gasteiger partial charge in [-0.15, -0.1) is 0 Å². The minimum absolute atomic E-state index is 0.00373. The number of nitrogens with one attached hydrogen (secondary N) is 1. The highest BCUT2D eigenvalue weighted by Crippen LogP contribution is 2.37. The fourth-order valence-corrected chi connectivity index (χ4v) is 2.43. The number of ether oxygens (including phenoxy) is 1. The van der Waals surface area contributed by atoms with E-state index in [1.807, 2.05) is 10.6 Å². The predicted octanol–water partition coefficient (Wildman–Crippen LogP) is 2.22. The maximum atomic E-state index is 12.7. The van der Waals surface area contributed by atoms with Crippen LogP contribution in [0.25, 0.3) is 0 Å². The van der Waals surface area contributed by atoms with Crippen LogP contribution in [0.15, 0.2) is 16.9 Å². The minimum Gasteiger partial charge on any atom is -0.383 e. The fraction of sp³-hybridized carbons (Fsp3) is 0.688. The third-order valence-corrected chi connectivity index (χ3v) is 3.67. The van der Waals surface area contributed by atoms with Crippen molar-refractivity contribution in [2.45, 2.75) is 51.6 Å². The van der Waals surface area contributed by atoms with Crippen LogP contribution in [-0.4, -0.2) is 24.8 Å². The Morgan fingerprint density at radius 1 is 1.35 bits per heavy atom. The highest BCUT2D eigenvalue weighted by atomic mass is 16.5. The third kappa shape index (κ3) is 3.49. The summed E-state index contributed by atoms with van der Waals surface area (Å²) >= 11 is 0. The molecule has 0 bridgehead atoms. The van der Waals surface area contributed by atoms with Gasteiger partial charge in [-0.3, -0.25) is 4.79 Å². The summed E-state index contributed by atoms with van der Waals surface area (Å²) in [7, 11) is 1.68. The van der Waals surface area contributed by atoms with Crippen molar-refractivity contribution in [2.75, 3.05) is 20.3 Å². The van der Waals surface area contributed by atoms with Crippen LogP contribution in [0.2, 0.25) is 0 Å². The van der Waals surface area contributed by atoms with Crippen LogP contribution in [0, 0.1) is 0 Å². The van der Waals surface area contributed by atoms with Crippen LogP contribution in [-0.2, 0) is 16.7 Å². The second-order valence-electron chi connectivity index (χ2n) is 6.57. The molecule has 0 atom stereocenters. The Morgan fingerprint density at radius 3 is 2.60 bits per heavy atom. The summed E-state index contributed by atoms with van der Waals surface area (Å²) in [6.07, 6.45) is 2.26. The topological polar surface area (TPSA) is 43.3 Å². The van der Waals surface area contributed by atoms with Gasteiger partial charge in [0.2, 0.25) is 0 Å². The molecule has 0 aromatic carbocycles. The Labute approximate surface area is 121 Å². The van der Waals surface area contributed by atoms with E-state index in [-0.39, 0.29) is 11.0 Å². The molecule has 1 aromatic rings. The smallest absolute Gasteiger partial charge is 0.255 e. The van der Waals surface area contributed by atoms with Gasteiger partial charge in [0, 0.05) is 42.9 Å². The molecule has 20 heavy (non-hydrogen) atoms. The summed E-state index contributed by atoms with van der Waals surface area (Å²) in [5, 5.41) is 3.25. The first-order valence-corrected chi connectivity index (χ1v) is 7.39. The molecule has 1 aromatic heterocycles. The molecule has 0 aliphatic heterocycles. The van der Waals surface area contributed by atoms with Gasteiger partial charge in [-0.25, -0.2) is 0 Å². The Bertz CT molecular complexity index is 510. The molecular weight excluding hydrogens is 252 g/mol. The summed E-state index contributed by atoms with van der Waals surface area (Å²) in [5.41, 5.74) is 2.17. The van der Waals surface area contributed by atoms with Gasteiger partial charge >= 0.3 is 0 Å². The highest BCUT2D eigenvalue weighted by molar-refractivity contribution is 5.23. The Kier molecular flexibility index (Phi) is 4.66. The number of hydrogen-bond donors (Lipinski definition) is 1. The average Bonchev–Trinajstić information content (AvgIpc) is 3.18. The first kappa shape index (κ1) is 15.3. The summed E-state index contributed by atoms with van der Waals surface area (Å²) in [5.74, 6) is 0. The van der Waals surface area contributed by atoms with E-state index in [0.717, 1.165) is 30.6 Å². The van der Waals surface area contributed by atoms with Gasteiger partial charge in [-0.05, 0) is 18.9 Å². The van der Waals surface area contributed by atoms with Crippen molar-refractivity contribution in [3.8, 4) is 0 Å². The molecule has 1 saturated carbocycles. The van der Waals surface area contributed by atoms with Gasteiger partial charge in [0.05, 0.1) is 6.61 Å². The van der Waals surface area contributed by atoms with Gasteiger partial charge in [-0.2, -0.15) is 0 Å². The van der Waals surface area contributed by atoms with Crippen LogP contribution in [0.5, 0.6) is 0 Å². The van der Waals surface area contributed by atoms with Crippen molar-refractivity contribution in [2.24, 2.45) is 0 Å². The van der Waals surface area contributed by atoms with Crippen LogP contribution in [0.1, 0.15) is 50.9 Å². The Balaban J connectivity index is 2.24. The van der Waals surface area contributed by atoms with Crippen molar-refractivity contribution in [1.29, 1.82) is 0 Å². The van der Waals surface area contributed by atoms with E-state index in [2.05, 4.69) is 32.2 Å². The number of rotatable bonds is 6. The van der Waals surface area contributed by atoms with Gasteiger partial charge < -0.3 is 14.6 Å². The van der Waals surface area contributed by atoms with Crippen LogP contribution >= 0.6 is 0 Å². The van der Waals surface area contributed by atoms with E-state index in [4.69, 9.17) is 4.74 Å². The van der Waals surface area contributed by atoms with Gasteiger partial charge in [-0.1, -0.05) is 26.8 Å². The predicted molar refractivity (Wildman–Crippen MR) is 81.3 cm³/mol. The SMILES string of the molecule is COCCNCc1ccc(C(C)(C)C)n(C2CC2)c1=O. The van der Waals surface area contributed by atoms with E-state index in [0.29, 0.717) is 19.2 Å². The summed E-state index contributed by atoms with van der Waals surface area (Å²) in [6, 6.07) is 4.50. The first-order chi connectivity index (χ1) is 9.45.